The molecule has 0 saturated carbocycles. The van der Waals surface area contributed by atoms with E-state index in [1.807, 2.05) is 25.7 Å². The van der Waals surface area contributed by atoms with Crippen molar-refractivity contribution in [2.45, 2.75) is 33.3 Å². The number of piperidine rings is 1. The number of carbonyl (C=O) groups excluding carboxylic acids is 1. The summed E-state index contributed by atoms with van der Waals surface area (Å²) in [6.07, 6.45) is 2.11. The van der Waals surface area contributed by atoms with Gasteiger partial charge in [-0.3, -0.25) is 4.79 Å². The summed E-state index contributed by atoms with van der Waals surface area (Å²) in [5.41, 5.74) is 1.02. The third-order valence-electron chi connectivity index (χ3n) is 2.58. The van der Waals surface area contributed by atoms with Crippen molar-refractivity contribution in [2.24, 2.45) is 5.92 Å². The smallest absolute Gasteiger partial charge is 0.246 e. The van der Waals surface area contributed by atoms with E-state index in [0.29, 0.717) is 19.5 Å². The maximum Gasteiger partial charge on any atom is 0.246 e. The van der Waals surface area contributed by atoms with Gasteiger partial charge in [0.05, 0.1) is 6.10 Å². The van der Waals surface area contributed by atoms with Crippen LogP contribution in [0.4, 0.5) is 0 Å². The van der Waals surface area contributed by atoms with Gasteiger partial charge in [-0.15, -0.1) is 0 Å². The first kappa shape index (κ1) is 11.2. The predicted octanol–water partition coefficient (Wildman–Crippen LogP) is 1.18. The molecule has 2 unspecified atom stereocenters. The van der Waals surface area contributed by atoms with Crippen LogP contribution in [-0.2, 0) is 4.79 Å². The molecule has 1 aliphatic rings. The molecule has 80 valence electrons. The molecule has 0 bridgehead atoms. The minimum absolute atomic E-state index is 0.0729. The molecular weight excluding hydrogens is 178 g/mol. The van der Waals surface area contributed by atoms with Gasteiger partial charge in [0.15, 0.2) is 0 Å². The second-order valence-electron chi connectivity index (χ2n) is 4.34. The summed E-state index contributed by atoms with van der Waals surface area (Å²) in [5.74, 6) is 0.266. The third-order valence-corrected chi connectivity index (χ3v) is 2.58. The topological polar surface area (TPSA) is 40.5 Å². The van der Waals surface area contributed by atoms with Crippen molar-refractivity contribution in [2.75, 3.05) is 13.1 Å². The normalized spacial score (nSPS) is 27.3. The van der Waals surface area contributed by atoms with Crippen LogP contribution in [0, 0.1) is 5.92 Å². The van der Waals surface area contributed by atoms with Crippen LogP contribution in [0.25, 0.3) is 0 Å². The van der Waals surface area contributed by atoms with Gasteiger partial charge in [-0.2, -0.15) is 0 Å². The van der Waals surface area contributed by atoms with Gasteiger partial charge in [-0.25, -0.2) is 0 Å². The molecule has 1 aliphatic heterocycles. The summed E-state index contributed by atoms with van der Waals surface area (Å²) in [4.78, 5) is 13.4. The summed E-state index contributed by atoms with van der Waals surface area (Å²) < 4.78 is 0. The van der Waals surface area contributed by atoms with Crippen LogP contribution in [0.1, 0.15) is 27.2 Å². The highest BCUT2D eigenvalue weighted by Gasteiger charge is 2.25. The molecule has 14 heavy (non-hydrogen) atoms. The summed E-state index contributed by atoms with van der Waals surface area (Å²) in [6.45, 7) is 7.16. The van der Waals surface area contributed by atoms with Gasteiger partial charge in [0.2, 0.25) is 5.91 Å². The number of nitrogens with zero attached hydrogens (tertiary/aromatic N) is 1. The SMILES string of the molecule is CC(C)=CC(=O)N1CCC(O)C(C)C1. The van der Waals surface area contributed by atoms with E-state index in [-0.39, 0.29) is 17.9 Å². The van der Waals surface area contributed by atoms with Crippen LogP contribution in [0.5, 0.6) is 0 Å². The van der Waals surface area contributed by atoms with Crippen molar-refractivity contribution in [1.82, 2.24) is 4.90 Å². The quantitative estimate of drug-likeness (QED) is 0.641. The Kier molecular flexibility index (Phi) is 3.69. The minimum Gasteiger partial charge on any atom is -0.393 e. The molecule has 3 heteroatoms. The molecule has 1 amide bonds. The van der Waals surface area contributed by atoms with E-state index in [2.05, 4.69) is 0 Å². The number of rotatable bonds is 1. The molecule has 1 rings (SSSR count). The summed E-state index contributed by atoms with van der Waals surface area (Å²) >= 11 is 0. The van der Waals surface area contributed by atoms with Crippen molar-refractivity contribution in [3.8, 4) is 0 Å². The van der Waals surface area contributed by atoms with E-state index >= 15 is 0 Å². The number of hydrogen-bond acceptors (Lipinski definition) is 2. The predicted molar refractivity (Wildman–Crippen MR) is 55.8 cm³/mol. The Labute approximate surface area is 85.4 Å². The van der Waals surface area contributed by atoms with Crippen LogP contribution < -0.4 is 0 Å². The van der Waals surface area contributed by atoms with Crippen molar-refractivity contribution in [3.05, 3.63) is 11.6 Å². The van der Waals surface area contributed by atoms with Gasteiger partial charge < -0.3 is 10.0 Å². The number of carbonyl (C=O) groups is 1. The van der Waals surface area contributed by atoms with Crippen LogP contribution in [0.2, 0.25) is 0 Å². The fourth-order valence-electron chi connectivity index (χ4n) is 1.67. The van der Waals surface area contributed by atoms with Gasteiger partial charge in [-0.05, 0) is 26.2 Å². The molecule has 0 aromatic heterocycles. The lowest BCUT2D eigenvalue weighted by atomic mass is 9.97. The van der Waals surface area contributed by atoms with E-state index < -0.39 is 0 Å². The highest BCUT2D eigenvalue weighted by molar-refractivity contribution is 5.88. The Hall–Kier alpha value is -0.830. The molecule has 2 atom stereocenters. The van der Waals surface area contributed by atoms with Crippen LogP contribution in [0.15, 0.2) is 11.6 Å². The summed E-state index contributed by atoms with van der Waals surface area (Å²) in [5, 5.41) is 9.51. The number of likely N-dealkylation sites (tertiary alicyclic amines) is 1. The van der Waals surface area contributed by atoms with Crippen molar-refractivity contribution >= 4 is 5.91 Å². The maximum atomic E-state index is 11.6. The Morgan fingerprint density at radius 1 is 1.50 bits per heavy atom. The number of amides is 1. The molecule has 0 aromatic carbocycles. The zero-order chi connectivity index (χ0) is 10.7. The zero-order valence-electron chi connectivity index (χ0n) is 9.16. The largest absolute Gasteiger partial charge is 0.393 e. The molecule has 0 aromatic rings. The Morgan fingerprint density at radius 3 is 2.64 bits per heavy atom. The first-order valence-electron chi connectivity index (χ1n) is 5.12. The minimum atomic E-state index is -0.245. The van der Waals surface area contributed by atoms with E-state index in [0.717, 1.165) is 5.57 Å². The number of aliphatic hydroxyl groups is 1. The molecule has 0 radical (unpaired) electrons. The molecule has 1 fully saturated rings. The third kappa shape index (κ3) is 2.84. The zero-order valence-corrected chi connectivity index (χ0v) is 9.16. The Morgan fingerprint density at radius 2 is 2.14 bits per heavy atom. The van der Waals surface area contributed by atoms with Gasteiger partial charge in [0, 0.05) is 19.2 Å². The van der Waals surface area contributed by atoms with Crippen LogP contribution in [-0.4, -0.2) is 35.1 Å². The van der Waals surface area contributed by atoms with Gasteiger partial charge in [-0.1, -0.05) is 12.5 Å². The first-order valence-corrected chi connectivity index (χ1v) is 5.12. The Balaban J connectivity index is 2.55. The molecular formula is C11H19NO2. The van der Waals surface area contributed by atoms with Crippen molar-refractivity contribution < 1.29 is 9.90 Å². The van der Waals surface area contributed by atoms with Gasteiger partial charge >= 0.3 is 0 Å². The highest BCUT2D eigenvalue weighted by Crippen LogP contribution is 2.16. The van der Waals surface area contributed by atoms with Gasteiger partial charge in [0.25, 0.3) is 0 Å². The average molecular weight is 197 g/mol. The van der Waals surface area contributed by atoms with E-state index in [9.17, 15) is 9.90 Å². The number of allylic oxidation sites excluding steroid dienone is 1. The summed E-state index contributed by atoms with van der Waals surface area (Å²) in [7, 11) is 0. The first-order chi connectivity index (χ1) is 6.50. The molecule has 3 nitrogen and oxygen atoms in total. The number of aliphatic hydroxyl groups excluding tert-OH is 1. The lowest BCUT2D eigenvalue weighted by Crippen LogP contribution is -2.44. The van der Waals surface area contributed by atoms with Crippen LogP contribution >= 0.6 is 0 Å². The molecule has 0 spiro atoms. The molecule has 1 N–H and O–H groups in total. The molecule has 1 heterocycles. The lowest BCUT2D eigenvalue weighted by molar-refractivity contribution is -0.129. The number of hydrogen-bond donors (Lipinski definition) is 1. The second-order valence-corrected chi connectivity index (χ2v) is 4.34. The fourth-order valence-corrected chi connectivity index (χ4v) is 1.67. The van der Waals surface area contributed by atoms with E-state index in [1.54, 1.807) is 6.08 Å². The summed E-state index contributed by atoms with van der Waals surface area (Å²) in [6, 6.07) is 0. The second kappa shape index (κ2) is 4.60. The van der Waals surface area contributed by atoms with Crippen LogP contribution in [0.3, 0.4) is 0 Å². The maximum absolute atomic E-state index is 11.6. The van der Waals surface area contributed by atoms with E-state index in [1.165, 1.54) is 0 Å². The monoisotopic (exact) mass is 197 g/mol. The average Bonchev–Trinajstić information content (AvgIpc) is 2.08. The van der Waals surface area contributed by atoms with E-state index in [4.69, 9.17) is 0 Å². The van der Waals surface area contributed by atoms with Crippen molar-refractivity contribution in [1.29, 1.82) is 0 Å². The Bertz CT molecular complexity index is 244. The van der Waals surface area contributed by atoms with Crippen molar-refractivity contribution in [3.63, 3.8) is 0 Å². The standard InChI is InChI=1S/C11H19NO2/c1-8(2)6-11(14)12-5-4-10(13)9(3)7-12/h6,9-10,13H,4-5,7H2,1-3H3. The molecule has 1 saturated heterocycles. The van der Waals surface area contributed by atoms with Gasteiger partial charge in [0.1, 0.15) is 0 Å². The highest BCUT2D eigenvalue weighted by atomic mass is 16.3. The fraction of sp³-hybridized carbons (Fsp3) is 0.727. The molecule has 0 aliphatic carbocycles. The lowest BCUT2D eigenvalue weighted by Gasteiger charge is -2.33.